The van der Waals surface area contributed by atoms with Crippen LogP contribution in [0.5, 0.6) is 0 Å². The molecule has 66 valence electrons. The van der Waals surface area contributed by atoms with Gasteiger partial charge in [0.1, 0.15) is 0 Å². The lowest BCUT2D eigenvalue weighted by Crippen LogP contribution is -2.22. The predicted octanol–water partition coefficient (Wildman–Crippen LogP) is 1.55. The van der Waals surface area contributed by atoms with Gasteiger partial charge in [0, 0.05) is 6.54 Å². The monoisotopic (exact) mass is 182 g/mol. The summed E-state index contributed by atoms with van der Waals surface area (Å²) in [4.78, 5) is 0. The summed E-state index contributed by atoms with van der Waals surface area (Å²) in [6.07, 6.45) is 2.01. The van der Waals surface area contributed by atoms with Crippen molar-refractivity contribution in [3.8, 4) is 0 Å². The first-order valence-electron chi connectivity index (χ1n) is 3.92. The van der Waals surface area contributed by atoms with Crippen LogP contribution in [-0.2, 0) is 0 Å². The largest absolute Gasteiger partial charge is 0.329 e. The molecule has 0 saturated carbocycles. The summed E-state index contributed by atoms with van der Waals surface area (Å²) in [5.41, 5.74) is 6.86. The van der Waals surface area contributed by atoms with Crippen molar-refractivity contribution in [2.45, 2.75) is 6.04 Å². The van der Waals surface area contributed by atoms with E-state index < -0.39 is 0 Å². The number of benzene rings is 1. The van der Waals surface area contributed by atoms with Crippen molar-refractivity contribution < 1.29 is 0 Å². The van der Waals surface area contributed by atoms with Crippen molar-refractivity contribution in [1.29, 1.82) is 0 Å². The van der Waals surface area contributed by atoms with Crippen LogP contribution in [-0.4, -0.2) is 12.8 Å². The van der Waals surface area contributed by atoms with E-state index in [2.05, 4.69) is 16.9 Å². The highest BCUT2D eigenvalue weighted by Crippen LogP contribution is 2.12. The molecule has 0 saturated heterocycles. The van der Waals surface area contributed by atoms with Crippen LogP contribution < -0.4 is 10.5 Å². The minimum absolute atomic E-state index is 0.265. The molecule has 0 spiro atoms. The molecule has 0 aliphatic rings. The van der Waals surface area contributed by atoms with Crippen molar-refractivity contribution in [2.75, 3.05) is 12.8 Å². The van der Waals surface area contributed by atoms with Gasteiger partial charge < -0.3 is 5.73 Å². The van der Waals surface area contributed by atoms with E-state index in [4.69, 9.17) is 5.73 Å². The van der Waals surface area contributed by atoms with Crippen molar-refractivity contribution in [2.24, 2.45) is 5.73 Å². The molecule has 1 unspecified atom stereocenters. The first-order valence-corrected chi connectivity index (χ1v) is 5.14. The molecule has 1 aromatic rings. The molecule has 0 fully saturated rings. The van der Waals surface area contributed by atoms with E-state index in [0.717, 1.165) is 0 Å². The Labute approximate surface area is 77.7 Å². The lowest BCUT2D eigenvalue weighted by Gasteiger charge is -2.14. The van der Waals surface area contributed by atoms with Crippen LogP contribution in [0.2, 0.25) is 0 Å². The molecule has 0 aliphatic carbocycles. The molecule has 1 aromatic carbocycles. The Balaban J connectivity index is 2.66. The Hall–Kier alpha value is -0.510. The first-order chi connectivity index (χ1) is 5.88. The van der Waals surface area contributed by atoms with E-state index in [1.165, 1.54) is 5.56 Å². The van der Waals surface area contributed by atoms with E-state index in [9.17, 15) is 0 Å². The highest BCUT2D eigenvalue weighted by Gasteiger charge is 2.05. The summed E-state index contributed by atoms with van der Waals surface area (Å²) in [6, 6.07) is 10.5. The molecule has 2 nitrogen and oxygen atoms in total. The topological polar surface area (TPSA) is 38.0 Å². The molecule has 3 N–H and O–H groups in total. The molecule has 1 rings (SSSR count). The van der Waals surface area contributed by atoms with E-state index in [0.29, 0.717) is 6.54 Å². The van der Waals surface area contributed by atoms with Crippen LogP contribution in [0.3, 0.4) is 0 Å². The number of nitrogens with one attached hydrogen (secondary N) is 1. The van der Waals surface area contributed by atoms with Crippen molar-refractivity contribution in [1.82, 2.24) is 4.72 Å². The summed E-state index contributed by atoms with van der Waals surface area (Å²) >= 11 is 1.60. The number of hydrogen-bond acceptors (Lipinski definition) is 3. The second kappa shape index (κ2) is 5.19. The minimum atomic E-state index is 0.265. The molecule has 0 aromatic heterocycles. The molecule has 0 amide bonds. The van der Waals surface area contributed by atoms with Gasteiger partial charge in [0.25, 0.3) is 0 Å². The number of rotatable bonds is 4. The zero-order chi connectivity index (χ0) is 8.81. The Morgan fingerprint density at radius 1 is 1.42 bits per heavy atom. The van der Waals surface area contributed by atoms with Crippen LogP contribution in [0.4, 0.5) is 0 Å². The van der Waals surface area contributed by atoms with Gasteiger partial charge >= 0.3 is 0 Å². The first kappa shape index (κ1) is 9.58. The lowest BCUT2D eigenvalue weighted by atomic mass is 10.1. The van der Waals surface area contributed by atoms with E-state index >= 15 is 0 Å². The zero-order valence-electron chi connectivity index (χ0n) is 7.16. The lowest BCUT2D eigenvalue weighted by molar-refractivity contribution is 0.688. The molecule has 0 bridgehead atoms. The third kappa shape index (κ3) is 2.52. The molecule has 1 atom stereocenters. The van der Waals surface area contributed by atoms with Gasteiger partial charge in [-0.3, -0.25) is 4.72 Å². The normalized spacial score (nSPS) is 12.8. The van der Waals surface area contributed by atoms with Gasteiger partial charge in [0.15, 0.2) is 0 Å². The molecule has 0 radical (unpaired) electrons. The average Bonchev–Trinajstić information content (AvgIpc) is 2.15. The fraction of sp³-hybridized carbons (Fsp3) is 0.333. The van der Waals surface area contributed by atoms with E-state index in [-0.39, 0.29) is 6.04 Å². The Kier molecular flexibility index (Phi) is 4.14. The molecular weight excluding hydrogens is 168 g/mol. The van der Waals surface area contributed by atoms with Gasteiger partial charge in [-0.2, -0.15) is 0 Å². The quantitative estimate of drug-likeness (QED) is 0.694. The Bertz CT molecular complexity index is 213. The average molecular weight is 182 g/mol. The predicted molar refractivity (Wildman–Crippen MR) is 54.9 cm³/mol. The number of hydrogen-bond donors (Lipinski definition) is 2. The second-order valence-corrected chi connectivity index (χ2v) is 3.16. The third-order valence-corrected chi connectivity index (χ3v) is 2.22. The maximum absolute atomic E-state index is 5.62. The van der Waals surface area contributed by atoms with Crippen molar-refractivity contribution in [3.63, 3.8) is 0 Å². The van der Waals surface area contributed by atoms with Gasteiger partial charge in [0.05, 0.1) is 6.04 Å². The molecule has 12 heavy (non-hydrogen) atoms. The summed E-state index contributed by atoms with van der Waals surface area (Å²) in [6.45, 7) is 0.630. The highest BCUT2D eigenvalue weighted by molar-refractivity contribution is 7.96. The fourth-order valence-corrected chi connectivity index (χ4v) is 1.60. The maximum Gasteiger partial charge on any atom is 0.0543 e. The molecule has 0 heterocycles. The van der Waals surface area contributed by atoms with E-state index in [1.54, 1.807) is 11.9 Å². The minimum Gasteiger partial charge on any atom is -0.329 e. The maximum atomic E-state index is 5.62. The Morgan fingerprint density at radius 2 is 2.08 bits per heavy atom. The smallest absolute Gasteiger partial charge is 0.0543 e. The van der Waals surface area contributed by atoms with Crippen LogP contribution in [0, 0.1) is 0 Å². The van der Waals surface area contributed by atoms with Gasteiger partial charge in [-0.25, -0.2) is 0 Å². The molecule has 0 aliphatic heterocycles. The zero-order valence-corrected chi connectivity index (χ0v) is 7.97. The molecular formula is C9H14N2S. The third-order valence-electron chi connectivity index (χ3n) is 1.70. The SMILES string of the molecule is CSNC(CN)c1ccccc1. The van der Waals surface area contributed by atoms with Crippen LogP contribution in [0.25, 0.3) is 0 Å². The van der Waals surface area contributed by atoms with E-state index in [1.807, 2.05) is 24.5 Å². The fourth-order valence-electron chi connectivity index (χ4n) is 1.08. The number of nitrogens with two attached hydrogens (primary N) is 1. The van der Waals surface area contributed by atoms with Gasteiger partial charge in [-0.1, -0.05) is 42.3 Å². The summed E-state index contributed by atoms with van der Waals surface area (Å²) in [5, 5.41) is 0. The summed E-state index contributed by atoms with van der Waals surface area (Å²) < 4.78 is 3.24. The van der Waals surface area contributed by atoms with Gasteiger partial charge in [-0.15, -0.1) is 0 Å². The van der Waals surface area contributed by atoms with Crippen molar-refractivity contribution >= 4 is 11.9 Å². The van der Waals surface area contributed by atoms with Crippen LogP contribution in [0.15, 0.2) is 30.3 Å². The standard InChI is InChI=1S/C9H14N2S/c1-12-11-9(7-10)8-5-3-2-4-6-8/h2-6,9,11H,7,10H2,1H3. The molecule has 3 heteroatoms. The van der Waals surface area contributed by atoms with Crippen LogP contribution in [0.1, 0.15) is 11.6 Å². The Morgan fingerprint density at radius 3 is 2.58 bits per heavy atom. The highest BCUT2D eigenvalue weighted by atomic mass is 32.2. The summed E-state index contributed by atoms with van der Waals surface area (Å²) in [5.74, 6) is 0. The van der Waals surface area contributed by atoms with Crippen molar-refractivity contribution in [3.05, 3.63) is 35.9 Å². The summed E-state index contributed by atoms with van der Waals surface area (Å²) in [7, 11) is 0. The second-order valence-electron chi connectivity index (χ2n) is 2.52. The van der Waals surface area contributed by atoms with Gasteiger partial charge in [0.2, 0.25) is 0 Å². The van der Waals surface area contributed by atoms with Crippen LogP contribution >= 0.6 is 11.9 Å². The van der Waals surface area contributed by atoms with Gasteiger partial charge in [-0.05, 0) is 11.8 Å².